The first-order valence-corrected chi connectivity index (χ1v) is 9.46. The van der Waals surface area contributed by atoms with Crippen LogP contribution in [0.3, 0.4) is 0 Å². The zero-order valence-electron chi connectivity index (χ0n) is 15.9. The average molecular weight is 385 g/mol. The Bertz CT molecular complexity index is 1150. The predicted molar refractivity (Wildman–Crippen MR) is 110 cm³/mol. The Labute approximate surface area is 168 Å². The van der Waals surface area contributed by atoms with Crippen LogP contribution in [-0.2, 0) is 17.9 Å². The number of hydrogen-bond donors (Lipinski definition) is 1. The van der Waals surface area contributed by atoms with Crippen LogP contribution in [0.1, 0.15) is 16.8 Å². The molecule has 1 amide bonds. The normalized spacial score (nSPS) is 10.8. The first-order chi connectivity index (χ1) is 14.2. The largest absolute Gasteiger partial charge is 0.324 e. The molecule has 4 rings (SSSR count). The highest BCUT2D eigenvalue weighted by atomic mass is 16.1. The number of carbonyl (C=O) groups is 2. The highest BCUT2D eigenvalue weighted by Crippen LogP contribution is 2.20. The van der Waals surface area contributed by atoms with Gasteiger partial charge in [-0.05, 0) is 12.1 Å². The maximum absolute atomic E-state index is 12.4. The number of imidazole rings is 1. The standard InChI is InChI=1S/C23H20N4O2/c28-21(18-6-2-1-3-7-18)16-27-15-14-26(17-27)13-11-22(29)25-20-10-4-8-19-9-5-12-24-23(19)20/h1-10,12,14-15,17H,11,13,16H2/p+1. The Balaban J connectivity index is 1.33. The first-order valence-electron chi connectivity index (χ1n) is 9.46. The van der Waals surface area contributed by atoms with Crippen LogP contribution in [0, 0.1) is 0 Å². The van der Waals surface area contributed by atoms with Crippen LogP contribution in [0.25, 0.3) is 10.9 Å². The number of ketones is 1. The van der Waals surface area contributed by atoms with E-state index in [0.29, 0.717) is 24.2 Å². The summed E-state index contributed by atoms with van der Waals surface area (Å²) in [7, 11) is 0. The molecule has 144 valence electrons. The summed E-state index contributed by atoms with van der Waals surface area (Å²) >= 11 is 0. The summed E-state index contributed by atoms with van der Waals surface area (Å²) in [4.78, 5) is 29.0. The first kappa shape index (κ1) is 18.6. The average Bonchev–Trinajstić information content (AvgIpc) is 3.20. The van der Waals surface area contributed by atoms with Gasteiger partial charge in [-0.25, -0.2) is 9.13 Å². The van der Waals surface area contributed by atoms with Gasteiger partial charge in [0.2, 0.25) is 18.0 Å². The van der Waals surface area contributed by atoms with Gasteiger partial charge in [0.15, 0.2) is 6.54 Å². The molecule has 0 bridgehead atoms. The quantitative estimate of drug-likeness (QED) is 0.392. The highest BCUT2D eigenvalue weighted by molar-refractivity contribution is 6.00. The van der Waals surface area contributed by atoms with Gasteiger partial charge in [-0.2, -0.15) is 0 Å². The number of aromatic nitrogens is 3. The zero-order valence-corrected chi connectivity index (χ0v) is 15.9. The summed E-state index contributed by atoms with van der Waals surface area (Å²) in [6.45, 7) is 0.793. The van der Waals surface area contributed by atoms with Crippen LogP contribution in [0.4, 0.5) is 5.69 Å². The molecule has 0 aliphatic rings. The topological polar surface area (TPSA) is 67.9 Å². The summed E-state index contributed by atoms with van der Waals surface area (Å²) in [5, 5.41) is 3.93. The SMILES string of the molecule is O=C(CCn1cc[n+](CC(=O)c2ccccc2)c1)Nc1cccc2cccnc12. The minimum Gasteiger partial charge on any atom is -0.324 e. The molecule has 0 saturated heterocycles. The molecule has 2 aromatic carbocycles. The fourth-order valence-electron chi connectivity index (χ4n) is 3.19. The fraction of sp³-hybridized carbons (Fsp3) is 0.130. The maximum Gasteiger partial charge on any atom is 0.244 e. The van der Waals surface area contributed by atoms with Gasteiger partial charge in [0.25, 0.3) is 0 Å². The van der Waals surface area contributed by atoms with Gasteiger partial charge in [0.1, 0.15) is 12.4 Å². The number of hydrogen-bond acceptors (Lipinski definition) is 3. The number of pyridine rings is 1. The minimum absolute atomic E-state index is 0.0505. The zero-order chi connectivity index (χ0) is 20.1. The molecule has 0 fully saturated rings. The number of carbonyl (C=O) groups excluding carboxylic acids is 2. The van der Waals surface area contributed by atoms with Gasteiger partial charge in [-0.15, -0.1) is 0 Å². The van der Waals surface area contributed by atoms with Crippen LogP contribution in [0.15, 0.2) is 85.6 Å². The molecule has 6 nitrogen and oxygen atoms in total. The van der Waals surface area contributed by atoms with Crippen LogP contribution in [0.2, 0.25) is 0 Å². The van der Waals surface area contributed by atoms with E-state index < -0.39 is 0 Å². The Morgan fingerprint density at radius 1 is 1.00 bits per heavy atom. The van der Waals surface area contributed by atoms with E-state index in [2.05, 4.69) is 10.3 Å². The molecule has 2 heterocycles. The molecule has 0 saturated carbocycles. The van der Waals surface area contributed by atoms with Crippen molar-refractivity contribution < 1.29 is 14.2 Å². The molecular weight excluding hydrogens is 364 g/mol. The molecule has 1 N–H and O–H groups in total. The van der Waals surface area contributed by atoms with Crippen molar-refractivity contribution in [2.75, 3.05) is 5.32 Å². The van der Waals surface area contributed by atoms with Crippen molar-refractivity contribution in [2.24, 2.45) is 0 Å². The van der Waals surface area contributed by atoms with Crippen molar-refractivity contribution in [3.8, 4) is 0 Å². The van der Waals surface area contributed by atoms with E-state index in [1.807, 2.05) is 88.5 Å². The van der Waals surface area contributed by atoms with Crippen molar-refractivity contribution in [2.45, 2.75) is 19.5 Å². The Morgan fingerprint density at radius 3 is 2.69 bits per heavy atom. The number of fused-ring (bicyclic) bond motifs is 1. The molecule has 6 heteroatoms. The maximum atomic E-state index is 12.4. The van der Waals surface area contributed by atoms with Gasteiger partial charge in [-0.3, -0.25) is 14.6 Å². The lowest BCUT2D eigenvalue weighted by Crippen LogP contribution is -2.35. The second-order valence-corrected chi connectivity index (χ2v) is 6.79. The summed E-state index contributed by atoms with van der Waals surface area (Å²) in [5.74, 6) is -0.0293. The van der Waals surface area contributed by atoms with Crippen molar-refractivity contribution in [3.05, 3.63) is 91.1 Å². The van der Waals surface area contributed by atoms with E-state index in [4.69, 9.17) is 0 Å². The number of Topliss-reactive ketones (excluding diaryl/α,β-unsaturated/α-hetero) is 1. The molecule has 29 heavy (non-hydrogen) atoms. The lowest BCUT2D eigenvalue weighted by atomic mass is 10.1. The van der Waals surface area contributed by atoms with Crippen molar-refractivity contribution >= 4 is 28.3 Å². The Morgan fingerprint density at radius 2 is 1.83 bits per heavy atom. The third-order valence-electron chi connectivity index (χ3n) is 4.67. The molecule has 0 radical (unpaired) electrons. The van der Waals surface area contributed by atoms with E-state index in [1.54, 1.807) is 6.20 Å². The Hall–Kier alpha value is -3.80. The summed E-state index contributed by atoms with van der Waals surface area (Å²) in [6.07, 6.45) is 7.59. The van der Waals surface area contributed by atoms with Gasteiger partial charge in [-0.1, -0.05) is 48.5 Å². The molecule has 0 unspecified atom stereocenters. The summed E-state index contributed by atoms with van der Waals surface area (Å²) < 4.78 is 3.72. The van der Waals surface area contributed by atoms with Crippen molar-refractivity contribution in [3.63, 3.8) is 0 Å². The third-order valence-corrected chi connectivity index (χ3v) is 4.67. The number of aryl methyl sites for hydroxylation is 1. The molecule has 2 aromatic heterocycles. The number of amides is 1. The summed E-state index contributed by atoms with van der Waals surface area (Å²) in [6, 6.07) is 18.8. The number of nitrogens with one attached hydrogen (secondary N) is 1. The molecule has 0 aliphatic heterocycles. The summed E-state index contributed by atoms with van der Waals surface area (Å²) in [5.41, 5.74) is 2.18. The number of benzene rings is 2. The molecular formula is C23H21N4O2+. The van der Waals surface area contributed by atoms with Crippen LogP contribution >= 0.6 is 0 Å². The van der Waals surface area contributed by atoms with Gasteiger partial charge >= 0.3 is 0 Å². The second kappa shape index (κ2) is 8.48. The van der Waals surface area contributed by atoms with Crippen LogP contribution in [0.5, 0.6) is 0 Å². The monoisotopic (exact) mass is 385 g/mol. The lowest BCUT2D eigenvalue weighted by molar-refractivity contribution is -0.682. The second-order valence-electron chi connectivity index (χ2n) is 6.79. The molecule has 4 aromatic rings. The van der Waals surface area contributed by atoms with Crippen molar-refractivity contribution in [1.82, 2.24) is 9.55 Å². The smallest absolute Gasteiger partial charge is 0.244 e. The van der Waals surface area contributed by atoms with E-state index >= 15 is 0 Å². The molecule has 0 atom stereocenters. The number of nitrogens with zero attached hydrogens (tertiary/aromatic N) is 3. The predicted octanol–water partition coefficient (Wildman–Crippen LogP) is 3.24. The minimum atomic E-state index is -0.0798. The van der Waals surface area contributed by atoms with Gasteiger partial charge < -0.3 is 5.32 Å². The number of rotatable bonds is 7. The van der Waals surface area contributed by atoms with Crippen molar-refractivity contribution in [1.29, 1.82) is 0 Å². The number of anilines is 1. The van der Waals surface area contributed by atoms with E-state index in [1.165, 1.54) is 0 Å². The number of para-hydroxylation sites is 1. The third kappa shape index (κ3) is 4.55. The van der Waals surface area contributed by atoms with E-state index in [9.17, 15) is 9.59 Å². The van der Waals surface area contributed by atoms with Crippen LogP contribution < -0.4 is 9.88 Å². The van der Waals surface area contributed by atoms with E-state index in [-0.39, 0.29) is 18.2 Å². The van der Waals surface area contributed by atoms with Gasteiger partial charge in [0, 0.05) is 17.1 Å². The fourth-order valence-corrected chi connectivity index (χ4v) is 3.19. The molecule has 0 spiro atoms. The lowest BCUT2D eigenvalue weighted by Gasteiger charge is -2.07. The van der Waals surface area contributed by atoms with Crippen LogP contribution in [-0.4, -0.2) is 21.2 Å². The van der Waals surface area contributed by atoms with Gasteiger partial charge in [0.05, 0.1) is 24.2 Å². The Kier molecular flexibility index (Phi) is 5.42. The highest BCUT2D eigenvalue weighted by Gasteiger charge is 2.13. The molecule has 0 aliphatic carbocycles. The van der Waals surface area contributed by atoms with E-state index in [0.717, 1.165) is 10.9 Å².